The van der Waals surface area contributed by atoms with E-state index in [-0.39, 0.29) is 17.4 Å². The Hall–Kier alpha value is -0.120. The van der Waals surface area contributed by atoms with Gasteiger partial charge in [-0.15, -0.1) is 0 Å². The van der Waals surface area contributed by atoms with Crippen LogP contribution in [0.1, 0.15) is 38.5 Å². The van der Waals surface area contributed by atoms with Gasteiger partial charge in [-0.05, 0) is 25.7 Å². The summed E-state index contributed by atoms with van der Waals surface area (Å²) in [6.07, 6.45) is 5.46. The number of rotatable bonds is 1. The highest BCUT2D eigenvalue weighted by atomic mass is 16.5. The molecule has 0 saturated heterocycles. The van der Waals surface area contributed by atoms with E-state index in [1.807, 2.05) is 0 Å². The fourth-order valence-corrected chi connectivity index (χ4v) is 4.65. The maximum absolute atomic E-state index is 10.6. The van der Waals surface area contributed by atoms with Gasteiger partial charge in [0, 0.05) is 18.9 Å². The largest absolute Gasteiger partial charge is 0.390 e. The second-order valence-corrected chi connectivity index (χ2v) is 5.49. The minimum atomic E-state index is -0.829. The Bertz CT molecular complexity index is 280. The molecule has 3 heteroatoms. The maximum Gasteiger partial charge on any atom is 0.102 e. The highest BCUT2D eigenvalue weighted by Gasteiger charge is 2.74. The summed E-state index contributed by atoms with van der Waals surface area (Å²) < 4.78 is 5.71. The van der Waals surface area contributed by atoms with Crippen molar-refractivity contribution in [3.63, 3.8) is 0 Å². The molecular formula is C12H20O3. The van der Waals surface area contributed by atoms with E-state index in [0.717, 1.165) is 38.5 Å². The van der Waals surface area contributed by atoms with E-state index < -0.39 is 11.7 Å². The van der Waals surface area contributed by atoms with Crippen LogP contribution in [0.25, 0.3) is 0 Å². The molecule has 2 N–H and O–H groups in total. The van der Waals surface area contributed by atoms with E-state index in [4.69, 9.17) is 4.74 Å². The van der Waals surface area contributed by atoms with Crippen molar-refractivity contribution in [2.24, 2.45) is 11.8 Å². The van der Waals surface area contributed by atoms with Crippen LogP contribution in [-0.4, -0.2) is 34.6 Å². The Balaban J connectivity index is 1.96. The predicted octanol–water partition coefficient (Wildman–Crippen LogP) is 1.08. The van der Waals surface area contributed by atoms with Gasteiger partial charge in [0.15, 0.2) is 0 Å². The van der Waals surface area contributed by atoms with Crippen molar-refractivity contribution in [3.05, 3.63) is 0 Å². The molecule has 3 aliphatic carbocycles. The van der Waals surface area contributed by atoms with E-state index in [1.165, 1.54) is 0 Å². The van der Waals surface area contributed by atoms with Crippen molar-refractivity contribution in [3.8, 4) is 0 Å². The molecule has 3 fully saturated rings. The summed E-state index contributed by atoms with van der Waals surface area (Å²) in [7, 11) is 1.76. The quantitative estimate of drug-likeness (QED) is 0.683. The number of ether oxygens (including phenoxy) is 1. The lowest BCUT2D eigenvalue weighted by molar-refractivity contribution is -0.329. The van der Waals surface area contributed by atoms with Gasteiger partial charge in [0.25, 0.3) is 0 Å². The van der Waals surface area contributed by atoms with Crippen molar-refractivity contribution in [2.75, 3.05) is 7.11 Å². The normalized spacial score (nSPS) is 58.2. The lowest BCUT2D eigenvalue weighted by atomic mass is 9.46. The summed E-state index contributed by atoms with van der Waals surface area (Å²) in [6.45, 7) is 0. The zero-order valence-corrected chi connectivity index (χ0v) is 9.28. The highest BCUT2D eigenvalue weighted by Crippen LogP contribution is 2.66. The predicted molar refractivity (Wildman–Crippen MR) is 55.4 cm³/mol. The van der Waals surface area contributed by atoms with Crippen LogP contribution in [-0.2, 0) is 4.74 Å². The minimum absolute atomic E-state index is 0.101. The molecule has 0 aliphatic heterocycles. The summed E-state index contributed by atoms with van der Waals surface area (Å²) in [6, 6.07) is 0. The summed E-state index contributed by atoms with van der Waals surface area (Å²) in [4.78, 5) is 0. The molecular weight excluding hydrogens is 192 g/mol. The standard InChI is InChI=1S/C12H20O3/c1-15-11-7-3-5-9(11)12(14)8(11)4-2-6-10(12)13/h8-10,13-14H,2-7H2,1H3/t8-,9+,10+,11+,12-/m1/s1. The fourth-order valence-electron chi connectivity index (χ4n) is 4.65. The van der Waals surface area contributed by atoms with E-state index in [2.05, 4.69) is 0 Å². The Labute approximate surface area is 90.4 Å². The molecule has 0 bridgehead atoms. The van der Waals surface area contributed by atoms with Gasteiger partial charge in [-0.3, -0.25) is 0 Å². The van der Waals surface area contributed by atoms with Gasteiger partial charge in [0.05, 0.1) is 11.7 Å². The van der Waals surface area contributed by atoms with E-state index >= 15 is 0 Å². The molecule has 3 rings (SSSR count). The third-order valence-corrected chi connectivity index (χ3v) is 5.24. The number of fused-ring (bicyclic) bond motifs is 4. The monoisotopic (exact) mass is 212 g/mol. The molecule has 0 aromatic carbocycles. The van der Waals surface area contributed by atoms with Crippen molar-refractivity contribution < 1.29 is 14.9 Å². The average molecular weight is 212 g/mol. The van der Waals surface area contributed by atoms with Gasteiger partial charge in [-0.25, -0.2) is 0 Å². The van der Waals surface area contributed by atoms with Crippen molar-refractivity contribution in [2.45, 2.75) is 55.8 Å². The summed E-state index contributed by atoms with van der Waals surface area (Å²) in [5.74, 6) is 0.349. The summed E-state index contributed by atoms with van der Waals surface area (Å²) >= 11 is 0. The van der Waals surface area contributed by atoms with Crippen LogP contribution in [0, 0.1) is 11.8 Å². The van der Waals surface area contributed by atoms with Crippen LogP contribution < -0.4 is 0 Å². The molecule has 0 amide bonds. The zero-order valence-electron chi connectivity index (χ0n) is 9.28. The number of hydrogen-bond donors (Lipinski definition) is 2. The molecule has 3 aliphatic rings. The van der Waals surface area contributed by atoms with Gasteiger partial charge in [-0.2, -0.15) is 0 Å². The molecule has 5 atom stereocenters. The molecule has 0 heterocycles. The first kappa shape index (κ1) is 10.1. The fraction of sp³-hybridized carbons (Fsp3) is 1.00. The smallest absolute Gasteiger partial charge is 0.102 e. The molecule has 15 heavy (non-hydrogen) atoms. The molecule has 86 valence electrons. The number of aliphatic hydroxyl groups excluding tert-OH is 1. The Morgan fingerprint density at radius 2 is 1.80 bits per heavy atom. The Morgan fingerprint density at radius 1 is 1.13 bits per heavy atom. The van der Waals surface area contributed by atoms with Crippen LogP contribution in [0.15, 0.2) is 0 Å². The van der Waals surface area contributed by atoms with Gasteiger partial charge in [0.1, 0.15) is 5.60 Å². The molecule has 0 aromatic heterocycles. The Morgan fingerprint density at radius 3 is 2.47 bits per heavy atom. The van der Waals surface area contributed by atoms with Crippen molar-refractivity contribution >= 4 is 0 Å². The SMILES string of the molecule is CO[C@]12CCC[C@@H]1[C@]1(O)[C@@H]2CCC[C@@H]1O. The van der Waals surface area contributed by atoms with Gasteiger partial charge in [0.2, 0.25) is 0 Å². The van der Waals surface area contributed by atoms with Crippen LogP contribution >= 0.6 is 0 Å². The number of hydrogen-bond acceptors (Lipinski definition) is 3. The van der Waals surface area contributed by atoms with Gasteiger partial charge in [-0.1, -0.05) is 12.8 Å². The second kappa shape index (κ2) is 2.96. The lowest BCUT2D eigenvalue weighted by Gasteiger charge is -2.66. The summed E-state index contributed by atoms with van der Waals surface area (Å²) in [5.41, 5.74) is -0.930. The molecule has 0 radical (unpaired) electrons. The molecule has 0 unspecified atom stereocenters. The van der Waals surface area contributed by atoms with E-state index in [1.54, 1.807) is 7.11 Å². The van der Waals surface area contributed by atoms with Crippen LogP contribution in [0.2, 0.25) is 0 Å². The van der Waals surface area contributed by atoms with Crippen molar-refractivity contribution in [1.82, 2.24) is 0 Å². The minimum Gasteiger partial charge on any atom is -0.390 e. The molecule has 0 aromatic rings. The second-order valence-electron chi connectivity index (χ2n) is 5.49. The third kappa shape index (κ3) is 0.931. The molecule has 3 nitrogen and oxygen atoms in total. The Kier molecular flexibility index (Phi) is 1.99. The average Bonchev–Trinajstić information content (AvgIpc) is 2.63. The van der Waals surface area contributed by atoms with Crippen LogP contribution in [0.3, 0.4) is 0 Å². The first-order valence-corrected chi connectivity index (χ1v) is 6.12. The first-order chi connectivity index (χ1) is 7.16. The highest BCUT2D eigenvalue weighted by molar-refractivity contribution is 5.25. The van der Waals surface area contributed by atoms with E-state index in [0.29, 0.717) is 0 Å². The molecule has 3 saturated carbocycles. The maximum atomic E-state index is 10.6. The van der Waals surface area contributed by atoms with Crippen molar-refractivity contribution in [1.29, 1.82) is 0 Å². The first-order valence-electron chi connectivity index (χ1n) is 6.12. The third-order valence-electron chi connectivity index (χ3n) is 5.24. The lowest BCUT2D eigenvalue weighted by Crippen LogP contribution is -2.77. The zero-order chi connectivity index (χ0) is 10.7. The molecule has 0 spiro atoms. The summed E-state index contributed by atoms with van der Waals surface area (Å²) in [5, 5.41) is 20.6. The number of aliphatic hydroxyl groups is 2. The number of methoxy groups -OCH3 is 1. The van der Waals surface area contributed by atoms with Crippen LogP contribution in [0.4, 0.5) is 0 Å². The van der Waals surface area contributed by atoms with Gasteiger partial charge >= 0.3 is 0 Å². The van der Waals surface area contributed by atoms with E-state index in [9.17, 15) is 10.2 Å². The van der Waals surface area contributed by atoms with Gasteiger partial charge < -0.3 is 14.9 Å². The topological polar surface area (TPSA) is 49.7 Å². The van der Waals surface area contributed by atoms with Crippen LogP contribution in [0.5, 0.6) is 0 Å².